The number of benzene rings is 2. The van der Waals surface area contributed by atoms with Gasteiger partial charge in [-0.25, -0.2) is 4.39 Å². The van der Waals surface area contributed by atoms with E-state index in [9.17, 15) is 23.9 Å². The smallest absolute Gasteiger partial charge is 0.307 e. The minimum absolute atomic E-state index is 0.0236. The zero-order valence-electron chi connectivity index (χ0n) is 27.0. The minimum Gasteiger partial charge on any atom is -0.481 e. The largest absolute Gasteiger partial charge is 0.481 e. The summed E-state index contributed by atoms with van der Waals surface area (Å²) in [6.45, 7) is 15.2. The quantitative estimate of drug-likeness (QED) is 0.258. The van der Waals surface area contributed by atoms with E-state index in [1.165, 1.54) is 48.6 Å². The molecule has 0 spiro atoms. The Kier molecular flexibility index (Phi) is 15.7. The number of ketones is 1. The van der Waals surface area contributed by atoms with Crippen LogP contribution in [-0.2, 0) is 28.9 Å². The molecule has 1 fully saturated rings. The van der Waals surface area contributed by atoms with Crippen molar-refractivity contribution in [1.29, 1.82) is 0 Å². The number of amides is 1. The van der Waals surface area contributed by atoms with Gasteiger partial charge in [0.15, 0.2) is 5.78 Å². The van der Waals surface area contributed by atoms with Gasteiger partial charge in [-0.1, -0.05) is 52.2 Å². The van der Waals surface area contributed by atoms with Gasteiger partial charge in [-0.05, 0) is 106 Å². The molecule has 0 atom stereocenters. The lowest BCUT2D eigenvalue weighted by atomic mass is 9.85. The monoisotopic (exact) mass is 585 g/mol. The Hall–Kier alpha value is -3.06. The molecular formula is C35H52FNO5. The van der Waals surface area contributed by atoms with Gasteiger partial charge < -0.3 is 15.5 Å². The number of carboxylic acids is 1. The van der Waals surface area contributed by atoms with Crippen molar-refractivity contribution in [3.05, 3.63) is 63.5 Å². The highest BCUT2D eigenvalue weighted by molar-refractivity contribution is 5.96. The van der Waals surface area contributed by atoms with E-state index in [1.54, 1.807) is 33.8 Å². The Balaban J connectivity index is 0.000000452. The van der Waals surface area contributed by atoms with Crippen LogP contribution in [-0.4, -0.2) is 33.5 Å². The number of aliphatic hydroxyl groups is 1. The van der Waals surface area contributed by atoms with Crippen LogP contribution in [0.25, 0.3) is 0 Å². The van der Waals surface area contributed by atoms with E-state index in [0.717, 1.165) is 48.1 Å². The molecule has 0 aromatic heterocycles. The summed E-state index contributed by atoms with van der Waals surface area (Å²) in [6.07, 6.45) is 8.63. The Morgan fingerprint density at radius 3 is 1.95 bits per heavy atom. The van der Waals surface area contributed by atoms with E-state index in [1.807, 2.05) is 13.8 Å². The minimum atomic E-state index is -0.860. The molecule has 6 nitrogen and oxygen atoms in total. The van der Waals surface area contributed by atoms with Crippen LogP contribution in [0.4, 0.5) is 10.1 Å². The summed E-state index contributed by atoms with van der Waals surface area (Å²) in [7, 11) is 0. The molecule has 0 aliphatic heterocycles. The van der Waals surface area contributed by atoms with Crippen molar-refractivity contribution >= 4 is 23.3 Å². The zero-order valence-corrected chi connectivity index (χ0v) is 27.0. The van der Waals surface area contributed by atoms with Crippen LogP contribution in [0.3, 0.4) is 0 Å². The van der Waals surface area contributed by atoms with Crippen molar-refractivity contribution in [2.75, 3.05) is 5.32 Å². The van der Waals surface area contributed by atoms with Gasteiger partial charge in [-0.15, -0.1) is 0 Å². The molecule has 0 unspecified atom stereocenters. The molecule has 2 aromatic rings. The van der Waals surface area contributed by atoms with Crippen molar-refractivity contribution in [1.82, 2.24) is 0 Å². The van der Waals surface area contributed by atoms with E-state index in [4.69, 9.17) is 5.11 Å². The third-order valence-electron chi connectivity index (χ3n) is 7.37. The van der Waals surface area contributed by atoms with Crippen LogP contribution in [0.15, 0.2) is 24.3 Å². The number of anilines is 1. The number of halogens is 1. The molecule has 2 aromatic carbocycles. The lowest BCUT2D eigenvalue weighted by Crippen LogP contribution is -2.21. The number of carboxylic acid groups (broad SMARTS) is 1. The van der Waals surface area contributed by atoms with E-state index in [0.29, 0.717) is 24.3 Å². The first-order valence-electron chi connectivity index (χ1n) is 15.3. The Morgan fingerprint density at radius 1 is 0.929 bits per heavy atom. The van der Waals surface area contributed by atoms with Gasteiger partial charge in [-0.3, -0.25) is 14.4 Å². The van der Waals surface area contributed by atoms with Crippen molar-refractivity contribution in [3.63, 3.8) is 0 Å². The van der Waals surface area contributed by atoms with Gasteiger partial charge in [0.25, 0.3) is 0 Å². The first-order valence-corrected chi connectivity index (χ1v) is 15.3. The summed E-state index contributed by atoms with van der Waals surface area (Å²) < 4.78 is 12.5. The lowest BCUT2D eigenvalue weighted by molar-refractivity contribution is -0.136. The van der Waals surface area contributed by atoms with Crippen molar-refractivity contribution in [3.8, 4) is 0 Å². The topological polar surface area (TPSA) is 104 Å². The van der Waals surface area contributed by atoms with Crippen LogP contribution in [0.5, 0.6) is 0 Å². The van der Waals surface area contributed by atoms with E-state index in [-0.39, 0.29) is 23.9 Å². The van der Waals surface area contributed by atoms with Crippen molar-refractivity contribution in [2.45, 2.75) is 125 Å². The van der Waals surface area contributed by atoms with Crippen molar-refractivity contribution in [2.24, 2.45) is 5.92 Å². The summed E-state index contributed by atoms with van der Waals surface area (Å²) >= 11 is 0. The highest BCUT2D eigenvalue weighted by Gasteiger charge is 2.23. The summed E-state index contributed by atoms with van der Waals surface area (Å²) in [5, 5.41) is 21.0. The third-order valence-corrected chi connectivity index (χ3v) is 7.37. The lowest BCUT2D eigenvalue weighted by Gasteiger charge is -2.24. The molecule has 3 N–H and O–H groups in total. The number of hydrogen-bond donors (Lipinski definition) is 3. The molecule has 1 aliphatic carbocycles. The van der Waals surface area contributed by atoms with Crippen molar-refractivity contribution < 1.29 is 29.0 Å². The summed E-state index contributed by atoms with van der Waals surface area (Å²) in [5.74, 6) is -0.749. The van der Waals surface area contributed by atoms with E-state index < -0.39 is 11.6 Å². The number of rotatable bonds is 9. The molecule has 1 aliphatic rings. The van der Waals surface area contributed by atoms with Crippen LogP contribution in [0.2, 0.25) is 0 Å². The first kappa shape index (κ1) is 37.0. The zero-order chi connectivity index (χ0) is 32.0. The number of carbonyl (C=O) groups is 3. The van der Waals surface area contributed by atoms with Gasteiger partial charge >= 0.3 is 5.97 Å². The standard InChI is InChI=1S/C22H33NO3.C9H9FO.C4H10O/c1-5-17-14(3)19(13-21(25)26)22(15(4)18(17)6-2)23-20(24)12-16-10-8-7-9-11-16;1-2-9(11)7-4-3-5-8(10)6-7;1-4(2,3)5/h16H,5-13H2,1-4H3,(H,23,24)(H,25,26);3-6H,2H2,1H3;5H,1-3H3. The van der Waals surface area contributed by atoms with Gasteiger partial charge in [0.1, 0.15) is 5.82 Å². The Bertz CT molecular complexity index is 1190. The number of Topliss-reactive ketones (excluding diaryl/α,β-unsaturated/α-hetero) is 1. The Morgan fingerprint density at radius 2 is 1.48 bits per heavy atom. The molecule has 0 heterocycles. The highest BCUT2D eigenvalue weighted by atomic mass is 19.1. The van der Waals surface area contributed by atoms with Crippen LogP contribution in [0, 0.1) is 25.6 Å². The molecular weight excluding hydrogens is 533 g/mol. The summed E-state index contributed by atoms with van der Waals surface area (Å²) in [4.78, 5) is 35.1. The highest BCUT2D eigenvalue weighted by Crippen LogP contribution is 2.34. The second kappa shape index (κ2) is 17.8. The SMILES string of the molecule is CC(C)(C)O.CCC(=O)c1cccc(F)c1.CCc1c(C)c(CC(=O)O)c(NC(=O)CC2CCCCC2)c(C)c1CC. The van der Waals surface area contributed by atoms with Crippen LogP contribution in [0.1, 0.15) is 125 Å². The predicted octanol–water partition coefficient (Wildman–Crippen LogP) is 8.16. The molecule has 234 valence electrons. The number of hydrogen-bond acceptors (Lipinski definition) is 4. The molecule has 1 saturated carbocycles. The molecule has 0 saturated heterocycles. The van der Waals surface area contributed by atoms with Gasteiger partial charge in [0.2, 0.25) is 5.91 Å². The molecule has 0 radical (unpaired) electrons. The maximum atomic E-state index is 12.7. The second-order valence-corrected chi connectivity index (χ2v) is 12.1. The second-order valence-electron chi connectivity index (χ2n) is 12.1. The van der Waals surface area contributed by atoms with Gasteiger partial charge in [0, 0.05) is 24.1 Å². The van der Waals surface area contributed by atoms with E-state index >= 15 is 0 Å². The number of carbonyl (C=O) groups excluding carboxylic acids is 2. The fourth-order valence-electron chi connectivity index (χ4n) is 5.41. The number of aliphatic carboxylic acids is 1. The van der Waals surface area contributed by atoms with Crippen LogP contribution >= 0.6 is 0 Å². The maximum Gasteiger partial charge on any atom is 0.307 e. The Labute approximate surface area is 252 Å². The van der Waals surface area contributed by atoms with Gasteiger partial charge in [-0.2, -0.15) is 0 Å². The molecule has 7 heteroatoms. The molecule has 0 bridgehead atoms. The fourth-order valence-corrected chi connectivity index (χ4v) is 5.41. The van der Waals surface area contributed by atoms with E-state index in [2.05, 4.69) is 19.2 Å². The maximum absolute atomic E-state index is 12.7. The summed E-state index contributed by atoms with van der Waals surface area (Å²) in [6, 6.07) is 5.74. The summed E-state index contributed by atoms with van der Waals surface area (Å²) in [5.41, 5.74) is 5.97. The normalized spacial score (nSPS) is 13.3. The fraction of sp³-hybridized carbons (Fsp3) is 0.571. The molecule has 1 amide bonds. The average Bonchev–Trinajstić information content (AvgIpc) is 2.91. The average molecular weight is 586 g/mol. The molecule has 42 heavy (non-hydrogen) atoms. The molecule has 3 rings (SSSR count). The predicted molar refractivity (Wildman–Crippen MR) is 169 cm³/mol. The number of nitrogens with one attached hydrogen (secondary N) is 1. The van der Waals surface area contributed by atoms with Crippen LogP contribution < -0.4 is 5.32 Å². The first-order chi connectivity index (χ1) is 19.6. The third kappa shape index (κ3) is 12.8. The van der Waals surface area contributed by atoms with Gasteiger partial charge in [0.05, 0.1) is 12.0 Å².